The van der Waals surface area contributed by atoms with Crippen LogP contribution in [0.5, 0.6) is 0 Å². The Hall–Kier alpha value is -3.96. The van der Waals surface area contributed by atoms with E-state index in [1.165, 1.54) is 0 Å². The monoisotopic (exact) mass is 568 g/mol. The third kappa shape index (κ3) is 5.04. The van der Waals surface area contributed by atoms with Crippen LogP contribution in [0.25, 0.3) is 0 Å². The number of piperidine rings is 1. The van der Waals surface area contributed by atoms with Gasteiger partial charge in [-0.15, -0.1) is 0 Å². The molecule has 210 valence electrons. The van der Waals surface area contributed by atoms with E-state index in [1.54, 1.807) is 30.7 Å². The molecule has 0 bridgehead atoms. The van der Waals surface area contributed by atoms with Crippen LogP contribution in [-0.4, -0.2) is 47.5 Å². The van der Waals surface area contributed by atoms with Gasteiger partial charge in [0, 0.05) is 43.8 Å². The minimum atomic E-state index is -0.532. The van der Waals surface area contributed by atoms with Crippen molar-refractivity contribution in [3.8, 4) is 6.07 Å². The zero-order chi connectivity index (χ0) is 28.6. The number of benzene rings is 1. The quantitative estimate of drug-likeness (QED) is 0.455. The lowest BCUT2D eigenvalue weighted by atomic mass is 9.73. The summed E-state index contributed by atoms with van der Waals surface area (Å²) in [5.74, 6) is 0.439. The Labute approximate surface area is 245 Å². The Morgan fingerprint density at radius 1 is 1.12 bits per heavy atom. The van der Waals surface area contributed by atoms with Crippen molar-refractivity contribution in [3.05, 3.63) is 82.4 Å². The number of pyridine rings is 2. The van der Waals surface area contributed by atoms with Crippen molar-refractivity contribution in [2.24, 2.45) is 5.92 Å². The van der Waals surface area contributed by atoms with Crippen LogP contribution < -0.4 is 15.1 Å². The third-order valence-electron chi connectivity index (χ3n) is 9.16. The van der Waals surface area contributed by atoms with Crippen molar-refractivity contribution in [1.29, 1.82) is 5.26 Å². The van der Waals surface area contributed by atoms with Crippen molar-refractivity contribution in [1.82, 2.24) is 15.3 Å². The first-order valence-corrected chi connectivity index (χ1v) is 14.7. The van der Waals surface area contributed by atoms with Gasteiger partial charge < -0.3 is 15.1 Å². The smallest absolute Gasteiger partial charge is 0.253 e. The Morgan fingerprint density at radius 2 is 1.88 bits per heavy atom. The molecule has 0 atom stereocenters. The molecule has 3 aliphatic rings. The van der Waals surface area contributed by atoms with Gasteiger partial charge in [0.05, 0.1) is 39.1 Å². The molecule has 2 fully saturated rings. The van der Waals surface area contributed by atoms with Crippen LogP contribution in [0.3, 0.4) is 0 Å². The van der Waals surface area contributed by atoms with Crippen LogP contribution in [0.1, 0.15) is 65.7 Å². The van der Waals surface area contributed by atoms with Crippen LogP contribution in [0.2, 0.25) is 5.02 Å². The number of carbonyl (C=O) groups excluding carboxylic acids is 2. The number of nitriles is 1. The molecule has 1 saturated carbocycles. The lowest BCUT2D eigenvalue weighted by Gasteiger charge is -2.40. The maximum atomic E-state index is 14.2. The highest BCUT2D eigenvalue weighted by Crippen LogP contribution is 2.49. The molecule has 2 amide bonds. The third-order valence-corrected chi connectivity index (χ3v) is 9.37. The van der Waals surface area contributed by atoms with E-state index in [9.17, 15) is 14.9 Å². The topological polar surface area (TPSA) is 102 Å². The number of aromatic nitrogens is 2. The van der Waals surface area contributed by atoms with Crippen LogP contribution in [0.4, 0.5) is 11.4 Å². The highest BCUT2D eigenvalue weighted by Gasteiger charge is 2.52. The van der Waals surface area contributed by atoms with Gasteiger partial charge in [-0.1, -0.05) is 29.8 Å². The van der Waals surface area contributed by atoms with Gasteiger partial charge in [-0.3, -0.25) is 19.6 Å². The Kier molecular flexibility index (Phi) is 7.39. The summed E-state index contributed by atoms with van der Waals surface area (Å²) in [4.78, 5) is 39.7. The summed E-state index contributed by atoms with van der Waals surface area (Å²) in [6.45, 7) is 3.90. The molecule has 6 rings (SSSR count). The fourth-order valence-corrected chi connectivity index (χ4v) is 7.03. The first-order valence-electron chi connectivity index (χ1n) is 14.3. The van der Waals surface area contributed by atoms with Crippen molar-refractivity contribution in [3.63, 3.8) is 0 Å². The Morgan fingerprint density at radius 3 is 2.63 bits per heavy atom. The minimum Gasteiger partial charge on any atom is -0.369 e. The molecule has 2 aromatic heterocycles. The molecule has 1 aliphatic carbocycles. The van der Waals surface area contributed by atoms with Gasteiger partial charge in [0.1, 0.15) is 6.07 Å². The normalized spacial score (nSPS) is 21.4. The molecular formula is C32H33ClN6O2. The predicted molar refractivity (Wildman–Crippen MR) is 158 cm³/mol. The number of hydrogen-bond acceptors (Lipinski definition) is 6. The standard InChI is InChI=1S/C32H33ClN6O2/c1-21-26(16-24(33)18-36-21)30(40)37-25-8-6-22(7-9-25)20-39-28-5-3-2-4-27(28)32(31(39)41)11-14-38(15-12-32)29-19-35-13-10-23(29)17-34/h2-5,10,13,16,18-19,22,25H,6-9,11-12,14-15,20H2,1H3,(H,37,40)/t22-,25-. The lowest BCUT2D eigenvalue weighted by Crippen LogP contribution is -2.50. The molecule has 8 nitrogen and oxygen atoms in total. The summed E-state index contributed by atoms with van der Waals surface area (Å²) in [5, 5.41) is 13.2. The molecule has 0 unspecified atom stereocenters. The number of nitrogens with zero attached hydrogens (tertiary/aromatic N) is 5. The maximum Gasteiger partial charge on any atom is 0.253 e. The number of aryl methyl sites for hydroxylation is 1. The predicted octanol–water partition coefficient (Wildman–Crippen LogP) is 5.18. The fourth-order valence-electron chi connectivity index (χ4n) is 6.87. The van der Waals surface area contributed by atoms with Gasteiger partial charge in [-0.25, -0.2) is 0 Å². The molecule has 0 radical (unpaired) electrons. The van der Waals surface area contributed by atoms with Crippen molar-refractivity contribution < 1.29 is 9.59 Å². The molecule has 9 heteroatoms. The van der Waals surface area contributed by atoms with E-state index in [0.717, 1.165) is 42.6 Å². The van der Waals surface area contributed by atoms with E-state index >= 15 is 0 Å². The van der Waals surface area contributed by atoms with Gasteiger partial charge >= 0.3 is 0 Å². The Balaban J connectivity index is 1.11. The second kappa shape index (κ2) is 11.1. The SMILES string of the molecule is Cc1ncc(Cl)cc1C(=O)N[C@H]1CC[C@H](CN2C(=O)C3(CCN(c4cnccc4C#N)CC3)c3ccccc32)CC1. The first kappa shape index (κ1) is 27.2. The molecule has 2 aliphatic heterocycles. The van der Waals surface area contributed by atoms with Gasteiger partial charge in [0.2, 0.25) is 5.91 Å². The van der Waals surface area contributed by atoms with E-state index < -0.39 is 5.41 Å². The van der Waals surface area contributed by atoms with Crippen molar-refractivity contribution in [2.75, 3.05) is 29.4 Å². The number of anilines is 2. The van der Waals surface area contributed by atoms with Crippen molar-refractivity contribution >= 4 is 34.8 Å². The zero-order valence-electron chi connectivity index (χ0n) is 23.1. The summed E-state index contributed by atoms with van der Waals surface area (Å²) in [7, 11) is 0. The van der Waals surface area contributed by atoms with Crippen LogP contribution >= 0.6 is 11.6 Å². The first-order chi connectivity index (χ1) is 19.9. The molecule has 1 saturated heterocycles. The van der Waals surface area contributed by atoms with Gasteiger partial charge in [0.25, 0.3) is 5.91 Å². The number of nitrogens with one attached hydrogen (secondary N) is 1. The van der Waals surface area contributed by atoms with E-state index in [-0.39, 0.29) is 17.9 Å². The number of fused-ring (bicyclic) bond motifs is 2. The summed E-state index contributed by atoms with van der Waals surface area (Å²) >= 11 is 6.06. The molecular weight excluding hydrogens is 536 g/mol. The summed E-state index contributed by atoms with van der Waals surface area (Å²) in [6.07, 6.45) is 9.99. The van der Waals surface area contributed by atoms with E-state index in [1.807, 2.05) is 24.0 Å². The van der Waals surface area contributed by atoms with E-state index in [0.29, 0.717) is 60.2 Å². The molecule has 4 heterocycles. The second-order valence-corrected chi connectivity index (χ2v) is 11.9. The number of amides is 2. The number of rotatable bonds is 5. The zero-order valence-corrected chi connectivity index (χ0v) is 23.9. The van der Waals surface area contributed by atoms with E-state index in [4.69, 9.17) is 11.6 Å². The maximum absolute atomic E-state index is 14.2. The highest BCUT2D eigenvalue weighted by molar-refractivity contribution is 6.30. The number of carbonyl (C=O) groups is 2. The van der Waals surface area contributed by atoms with E-state index in [2.05, 4.69) is 38.4 Å². The number of para-hydroxylation sites is 1. The largest absolute Gasteiger partial charge is 0.369 e. The highest BCUT2D eigenvalue weighted by atomic mass is 35.5. The van der Waals surface area contributed by atoms with Gasteiger partial charge in [-0.2, -0.15) is 5.26 Å². The van der Waals surface area contributed by atoms with Gasteiger partial charge in [0.15, 0.2) is 0 Å². The fraction of sp³-hybridized carbons (Fsp3) is 0.406. The average Bonchev–Trinajstić information content (AvgIpc) is 3.22. The second-order valence-electron chi connectivity index (χ2n) is 11.5. The van der Waals surface area contributed by atoms with Crippen molar-refractivity contribution in [2.45, 2.75) is 56.9 Å². The van der Waals surface area contributed by atoms with Crippen LogP contribution in [0, 0.1) is 24.2 Å². The molecule has 3 aromatic rings. The average molecular weight is 569 g/mol. The molecule has 41 heavy (non-hydrogen) atoms. The molecule has 1 aromatic carbocycles. The summed E-state index contributed by atoms with van der Waals surface area (Å²) < 4.78 is 0. The van der Waals surface area contributed by atoms with Gasteiger partial charge in [-0.05, 0) is 75.1 Å². The molecule has 1 N–H and O–H groups in total. The van der Waals surface area contributed by atoms with Crippen LogP contribution in [0.15, 0.2) is 55.0 Å². The van der Waals surface area contributed by atoms with Crippen LogP contribution in [-0.2, 0) is 10.2 Å². The molecule has 1 spiro atoms. The number of halogens is 1. The Bertz CT molecular complexity index is 1520. The number of hydrogen-bond donors (Lipinski definition) is 1. The summed E-state index contributed by atoms with van der Waals surface area (Å²) in [6, 6.07) is 14.0. The summed E-state index contributed by atoms with van der Waals surface area (Å²) in [5.41, 5.74) is 4.26. The lowest BCUT2D eigenvalue weighted by molar-refractivity contribution is -0.124. The minimum absolute atomic E-state index is 0.0974.